The molecule has 8 rings (SSSR count). The fraction of sp³-hybridized carbons (Fsp3) is 0.0833. The van der Waals surface area contributed by atoms with E-state index in [0.29, 0.717) is 0 Å². The van der Waals surface area contributed by atoms with Crippen LogP contribution in [-0.4, -0.2) is 4.98 Å². The van der Waals surface area contributed by atoms with Gasteiger partial charge in [0, 0.05) is 32.4 Å². The van der Waals surface area contributed by atoms with Gasteiger partial charge in [0.05, 0.1) is 22.8 Å². The summed E-state index contributed by atoms with van der Waals surface area (Å²) in [6, 6.07) is 41.9. The van der Waals surface area contributed by atoms with E-state index in [0.717, 1.165) is 11.3 Å². The first-order chi connectivity index (χ1) is 19.1. The van der Waals surface area contributed by atoms with Crippen LogP contribution >= 0.6 is 11.8 Å². The van der Waals surface area contributed by atoms with Gasteiger partial charge in [0.2, 0.25) is 0 Å². The van der Waals surface area contributed by atoms with E-state index in [1.165, 1.54) is 59.9 Å². The lowest BCUT2D eigenvalue weighted by Crippen LogP contribution is -2.32. The van der Waals surface area contributed by atoms with Crippen molar-refractivity contribution in [2.75, 3.05) is 4.90 Å². The Labute approximate surface area is 233 Å². The molecule has 5 aromatic carbocycles. The standard InChI is InChI=1S/C36H26N2S/c1-36(2)28-14-5-6-15-30(28)38-31-16-7-8-17-32(31)39-33-22-26(21-29(36)35(33)38)24-11-9-12-25(20-24)34-27-13-4-3-10-23(27)18-19-37-34/h3-22H,1-2H3. The van der Waals surface area contributed by atoms with Crippen LogP contribution < -0.4 is 4.90 Å². The molecule has 6 aromatic rings. The zero-order chi connectivity index (χ0) is 26.1. The summed E-state index contributed by atoms with van der Waals surface area (Å²) in [6.45, 7) is 4.73. The molecular formula is C36H26N2S. The molecule has 0 saturated heterocycles. The Morgan fingerprint density at radius 2 is 1.38 bits per heavy atom. The number of para-hydroxylation sites is 2. The second-order valence-corrected chi connectivity index (χ2v) is 12.0. The summed E-state index contributed by atoms with van der Waals surface area (Å²) in [6.07, 6.45) is 1.91. The Bertz CT molecular complexity index is 1930. The molecule has 0 amide bonds. The van der Waals surface area contributed by atoms with Gasteiger partial charge in [-0.05, 0) is 70.1 Å². The summed E-state index contributed by atoms with van der Waals surface area (Å²) in [5, 5.41) is 2.39. The summed E-state index contributed by atoms with van der Waals surface area (Å²) < 4.78 is 0. The van der Waals surface area contributed by atoms with E-state index in [1.807, 2.05) is 18.0 Å². The van der Waals surface area contributed by atoms with Gasteiger partial charge in [-0.3, -0.25) is 4.98 Å². The third kappa shape index (κ3) is 3.33. The highest BCUT2D eigenvalue weighted by molar-refractivity contribution is 7.99. The summed E-state index contributed by atoms with van der Waals surface area (Å²) in [5.41, 5.74) is 11.1. The van der Waals surface area contributed by atoms with Crippen molar-refractivity contribution in [1.82, 2.24) is 4.98 Å². The summed E-state index contributed by atoms with van der Waals surface area (Å²) in [5.74, 6) is 0. The molecule has 0 bridgehead atoms. The van der Waals surface area contributed by atoms with Crippen LogP contribution in [0.4, 0.5) is 17.1 Å². The van der Waals surface area contributed by atoms with Gasteiger partial charge in [0.15, 0.2) is 0 Å². The second-order valence-electron chi connectivity index (χ2n) is 10.9. The fourth-order valence-corrected chi connectivity index (χ4v) is 7.45. The van der Waals surface area contributed by atoms with Crippen LogP contribution in [0.3, 0.4) is 0 Å². The van der Waals surface area contributed by atoms with Crippen LogP contribution in [-0.2, 0) is 5.41 Å². The number of anilines is 3. The van der Waals surface area contributed by atoms with Gasteiger partial charge in [-0.2, -0.15) is 0 Å². The molecule has 2 aliphatic rings. The van der Waals surface area contributed by atoms with E-state index in [-0.39, 0.29) is 5.41 Å². The molecule has 0 unspecified atom stereocenters. The van der Waals surface area contributed by atoms with Crippen LogP contribution in [0.2, 0.25) is 0 Å². The Morgan fingerprint density at radius 1 is 0.615 bits per heavy atom. The fourth-order valence-electron chi connectivity index (χ4n) is 6.31. The highest BCUT2D eigenvalue weighted by atomic mass is 32.2. The quantitative estimate of drug-likeness (QED) is 0.226. The lowest BCUT2D eigenvalue weighted by Gasteiger charge is -2.45. The predicted octanol–water partition coefficient (Wildman–Crippen LogP) is 10.1. The average molecular weight is 519 g/mol. The van der Waals surface area contributed by atoms with Crippen molar-refractivity contribution in [2.24, 2.45) is 0 Å². The van der Waals surface area contributed by atoms with Gasteiger partial charge < -0.3 is 4.90 Å². The second kappa shape index (κ2) is 8.33. The highest BCUT2D eigenvalue weighted by Crippen LogP contribution is 2.60. The lowest BCUT2D eigenvalue weighted by molar-refractivity contribution is 0.629. The summed E-state index contributed by atoms with van der Waals surface area (Å²) >= 11 is 1.88. The predicted molar refractivity (Wildman–Crippen MR) is 164 cm³/mol. The minimum atomic E-state index is -0.130. The number of nitrogens with zero attached hydrogens (tertiary/aromatic N) is 2. The number of fused-ring (bicyclic) bond motifs is 5. The molecule has 0 atom stereocenters. The Balaban J connectivity index is 1.35. The lowest BCUT2D eigenvalue weighted by atomic mass is 9.72. The van der Waals surface area contributed by atoms with Gasteiger partial charge in [-0.1, -0.05) is 98.4 Å². The smallest absolute Gasteiger partial charge is 0.0780 e. The first-order valence-corrected chi connectivity index (χ1v) is 14.2. The average Bonchev–Trinajstić information content (AvgIpc) is 2.98. The molecule has 3 heterocycles. The molecule has 39 heavy (non-hydrogen) atoms. The van der Waals surface area contributed by atoms with Crippen LogP contribution in [0.25, 0.3) is 33.2 Å². The van der Waals surface area contributed by atoms with Crippen molar-refractivity contribution in [3.05, 3.63) is 133 Å². The minimum absolute atomic E-state index is 0.130. The number of pyridine rings is 1. The minimum Gasteiger partial charge on any atom is -0.308 e. The Kier molecular flexibility index (Phi) is 4.83. The normalized spacial score (nSPS) is 14.5. The van der Waals surface area contributed by atoms with E-state index in [2.05, 4.69) is 134 Å². The van der Waals surface area contributed by atoms with Crippen LogP contribution in [0, 0.1) is 0 Å². The molecule has 0 aliphatic carbocycles. The largest absolute Gasteiger partial charge is 0.308 e. The number of benzene rings is 5. The van der Waals surface area contributed by atoms with E-state index in [1.54, 1.807) is 0 Å². The van der Waals surface area contributed by atoms with E-state index in [4.69, 9.17) is 4.98 Å². The number of aromatic nitrogens is 1. The molecular weight excluding hydrogens is 492 g/mol. The molecule has 3 heteroatoms. The van der Waals surface area contributed by atoms with Crippen LogP contribution in [0.5, 0.6) is 0 Å². The molecule has 1 aromatic heterocycles. The van der Waals surface area contributed by atoms with Crippen molar-refractivity contribution in [3.8, 4) is 22.4 Å². The summed E-state index contributed by atoms with van der Waals surface area (Å²) in [4.78, 5) is 9.87. The number of rotatable bonds is 2. The van der Waals surface area contributed by atoms with Crippen molar-refractivity contribution < 1.29 is 0 Å². The number of hydrogen-bond donors (Lipinski definition) is 0. The highest BCUT2D eigenvalue weighted by Gasteiger charge is 2.41. The van der Waals surface area contributed by atoms with Crippen molar-refractivity contribution in [3.63, 3.8) is 0 Å². The van der Waals surface area contributed by atoms with Gasteiger partial charge in [0.1, 0.15) is 0 Å². The maximum Gasteiger partial charge on any atom is 0.0780 e. The first-order valence-electron chi connectivity index (χ1n) is 13.4. The molecule has 0 fully saturated rings. The van der Waals surface area contributed by atoms with Gasteiger partial charge in [-0.15, -0.1) is 0 Å². The topological polar surface area (TPSA) is 16.1 Å². The van der Waals surface area contributed by atoms with Crippen molar-refractivity contribution in [1.29, 1.82) is 0 Å². The molecule has 0 N–H and O–H groups in total. The molecule has 0 radical (unpaired) electrons. The molecule has 2 nitrogen and oxygen atoms in total. The van der Waals surface area contributed by atoms with Crippen LogP contribution in [0.1, 0.15) is 25.0 Å². The summed E-state index contributed by atoms with van der Waals surface area (Å²) in [7, 11) is 0. The zero-order valence-corrected chi connectivity index (χ0v) is 22.7. The van der Waals surface area contributed by atoms with Gasteiger partial charge in [0.25, 0.3) is 0 Å². The van der Waals surface area contributed by atoms with E-state index < -0.39 is 0 Å². The zero-order valence-electron chi connectivity index (χ0n) is 21.8. The van der Waals surface area contributed by atoms with Crippen molar-refractivity contribution >= 4 is 39.6 Å². The first kappa shape index (κ1) is 22.6. The van der Waals surface area contributed by atoms with Crippen LogP contribution in [0.15, 0.2) is 131 Å². The molecule has 2 aliphatic heterocycles. The maximum atomic E-state index is 4.80. The van der Waals surface area contributed by atoms with E-state index >= 15 is 0 Å². The van der Waals surface area contributed by atoms with Crippen molar-refractivity contribution in [2.45, 2.75) is 29.1 Å². The van der Waals surface area contributed by atoms with Gasteiger partial charge >= 0.3 is 0 Å². The third-order valence-corrected chi connectivity index (χ3v) is 9.36. The maximum absolute atomic E-state index is 4.80. The number of hydrogen-bond acceptors (Lipinski definition) is 3. The SMILES string of the molecule is CC1(C)c2ccccc2N2c3ccccc3Sc3cc(-c4cccc(-c5nccc6ccccc56)c4)cc1c32. The van der Waals surface area contributed by atoms with Gasteiger partial charge in [-0.25, -0.2) is 0 Å². The molecule has 186 valence electrons. The molecule has 0 spiro atoms. The monoisotopic (exact) mass is 518 g/mol. The third-order valence-electron chi connectivity index (χ3n) is 8.26. The Morgan fingerprint density at radius 3 is 2.31 bits per heavy atom. The Hall–Kier alpha value is -4.34. The van der Waals surface area contributed by atoms with E-state index in [9.17, 15) is 0 Å². The molecule has 0 saturated carbocycles.